The van der Waals surface area contributed by atoms with E-state index >= 15 is 0 Å². The van der Waals surface area contributed by atoms with Gasteiger partial charge in [-0.15, -0.1) is 0 Å². The predicted octanol–water partition coefficient (Wildman–Crippen LogP) is 2.58. The highest BCUT2D eigenvalue weighted by atomic mass is 16.5. The lowest BCUT2D eigenvalue weighted by molar-refractivity contribution is -0.139. The maximum atomic E-state index is 12.8. The van der Waals surface area contributed by atoms with E-state index in [1.807, 2.05) is 34.1 Å². The summed E-state index contributed by atoms with van der Waals surface area (Å²) >= 11 is 0. The monoisotopic (exact) mass is 375 g/mol. The molecular formula is C20H29N3O4. The molecule has 1 unspecified atom stereocenters. The van der Waals surface area contributed by atoms with Crippen LogP contribution in [0.2, 0.25) is 0 Å². The minimum atomic E-state index is -0.112. The summed E-state index contributed by atoms with van der Waals surface area (Å²) in [5, 5.41) is 2.97. The van der Waals surface area contributed by atoms with Gasteiger partial charge in [0.05, 0.1) is 19.4 Å². The number of ether oxygens (including phenoxy) is 2. The van der Waals surface area contributed by atoms with Crippen LogP contribution in [-0.2, 0) is 9.53 Å². The molecule has 1 atom stereocenters. The van der Waals surface area contributed by atoms with E-state index in [2.05, 4.69) is 5.32 Å². The number of rotatable bonds is 5. The molecule has 0 saturated carbocycles. The van der Waals surface area contributed by atoms with Crippen LogP contribution in [0.3, 0.4) is 0 Å². The zero-order valence-electron chi connectivity index (χ0n) is 16.2. The van der Waals surface area contributed by atoms with Gasteiger partial charge < -0.3 is 24.6 Å². The Morgan fingerprint density at radius 3 is 2.81 bits per heavy atom. The molecular weight excluding hydrogens is 346 g/mol. The lowest BCUT2D eigenvalue weighted by Crippen LogP contribution is -2.56. The first kappa shape index (κ1) is 19.5. The summed E-state index contributed by atoms with van der Waals surface area (Å²) in [6.45, 7) is 3.26. The molecule has 1 N–H and O–H groups in total. The maximum absolute atomic E-state index is 12.8. The molecule has 2 heterocycles. The van der Waals surface area contributed by atoms with Gasteiger partial charge in [0.1, 0.15) is 5.75 Å². The van der Waals surface area contributed by atoms with E-state index in [-0.39, 0.29) is 17.4 Å². The van der Waals surface area contributed by atoms with Gasteiger partial charge in [0.15, 0.2) is 0 Å². The molecule has 0 aromatic heterocycles. The molecule has 0 bridgehead atoms. The second-order valence-electron chi connectivity index (χ2n) is 7.46. The highest BCUT2D eigenvalue weighted by molar-refractivity contribution is 5.91. The summed E-state index contributed by atoms with van der Waals surface area (Å²) in [7, 11) is 3.24. The summed E-state index contributed by atoms with van der Waals surface area (Å²) in [4.78, 5) is 28.8. The summed E-state index contributed by atoms with van der Waals surface area (Å²) < 4.78 is 10.5. The van der Waals surface area contributed by atoms with Gasteiger partial charge in [0.2, 0.25) is 5.91 Å². The van der Waals surface area contributed by atoms with Crippen molar-refractivity contribution >= 4 is 17.6 Å². The van der Waals surface area contributed by atoms with Crippen LogP contribution in [0, 0.1) is 5.41 Å². The number of piperidine rings is 2. The third kappa shape index (κ3) is 4.53. The van der Waals surface area contributed by atoms with Crippen LogP contribution in [0.15, 0.2) is 24.3 Å². The van der Waals surface area contributed by atoms with E-state index in [1.165, 1.54) is 0 Å². The van der Waals surface area contributed by atoms with Crippen LogP contribution in [0.5, 0.6) is 5.75 Å². The smallest absolute Gasteiger partial charge is 0.321 e. The highest BCUT2D eigenvalue weighted by Gasteiger charge is 2.42. The Morgan fingerprint density at radius 1 is 1.22 bits per heavy atom. The molecule has 2 aliphatic heterocycles. The van der Waals surface area contributed by atoms with Crippen LogP contribution in [0.4, 0.5) is 10.5 Å². The van der Waals surface area contributed by atoms with Crippen molar-refractivity contribution in [2.45, 2.75) is 25.7 Å². The van der Waals surface area contributed by atoms with E-state index in [9.17, 15) is 9.59 Å². The van der Waals surface area contributed by atoms with Crippen molar-refractivity contribution in [1.82, 2.24) is 9.80 Å². The van der Waals surface area contributed by atoms with Crippen LogP contribution in [0.1, 0.15) is 25.7 Å². The average molecular weight is 375 g/mol. The molecule has 1 aromatic rings. The van der Waals surface area contributed by atoms with Crippen molar-refractivity contribution in [2.24, 2.45) is 5.41 Å². The molecule has 0 aliphatic carbocycles. The summed E-state index contributed by atoms with van der Waals surface area (Å²) in [6.07, 6.45) is 3.38. The molecule has 148 valence electrons. The number of anilines is 1. The first-order valence-electron chi connectivity index (χ1n) is 9.52. The number of para-hydroxylation sites is 2. The fourth-order valence-corrected chi connectivity index (χ4v) is 4.16. The molecule has 0 radical (unpaired) electrons. The molecule has 3 amide bonds. The maximum Gasteiger partial charge on any atom is 0.321 e. The zero-order valence-corrected chi connectivity index (χ0v) is 16.2. The molecule has 2 fully saturated rings. The molecule has 3 rings (SSSR count). The van der Waals surface area contributed by atoms with Gasteiger partial charge in [-0.2, -0.15) is 0 Å². The van der Waals surface area contributed by atoms with Crippen molar-refractivity contribution in [2.75, 3.05) is 52.3 Å². The zero-order chi connectivity index (χ0) is 19.3. The van der Waals surface area contributed by atoms with Gasteiger partial charge in [0.25, 0.3) is 0 Å². The standard InChI is InChI=1S/C20H29N3O4/c1-26-13-12-22-14-20(10-8-18(22)24)9-5-11-23(15-20)19(25)21-16-6-3-4-7-17(16)27-2/h3-4,6-7H,5,8-15H2,1-2H3,(H,21,25). The Labute approximate surface area is 160 Å². The predicted molar refractivity (Wildman–Crippen MR) is 103 cm³/mol. The number of hydrogen-bond acceptors (Lipinski definition) is 4. The van der Waals surface area contributed by atoms with Crippen molar-refractivity contribution in [1.29, 1.82) is 0 Å². The molecule has 7 nitrogen and oxygen atoms in total. The van der Waals surface area contributed by atoms with Gasteiger partial charge in [-0.3, -0.25) is 4.79 Å². The molecule has 1 spiro atoms. The number of carbonyl (C=O) groups excluding carboxylic acids is 2. The quantitative estimate of drug-likeness (QED) is 0.859. The number of likely N-dealkylation sites (tertiary alicyclic amines) is 2. The number of amides is 3. The first-order chi connectivity index (χ1) is 13.1. The number of urea groups is 1. The topological polar surface area (TPSA) is 71.1 Å². The molecule has 2 aliphatic rings. The largest absolute Gasteiger partial charge is 0.495 e. The third-order valence-electron chi connectivity index (χ3n) is 5.61. The Kier molecular flexibility index (Phi) is 6.21. The molecule has 1 aromatic carbocycles. The van der Waals surface area contributed by atoms with E-state index in [0.29, 0.717) is 44.1 Å². The third-order valence-corrected chi connectivity index (χ3v) is 5.61. The Bertz CT molecular complexity index is 681. The van der Waals surface area contributed by atoms with Crippen molar-refractivity contribution in [3.8, 4) is 5.75 Å². The number of nitrogens with one attached hydrogen (secondary N) is 1. The summed E-state index contributed by atoms with van der Waals surface area (Å²) in [5.41, 5.74) is 0.656. The van der Waals surface area contributed by atoms with Gasteiger partial charge in [0, 0.05) is 45.1 Å². The average Bonchev–Trinajstić information content (AvgIpc) is 2.69. The fraction of sp³-hybridized carbons (Fsp3) is 0.600. The lowest BCUT2D eigenvalue weighted by atomic mass is 9.73. The molecule has 27 heavy (non-hydrogen) atoms. The van der Waals surface area contributed by atoms with Gasteiger partial charge in [-0.05, 0) is 31.4 Å². The summed E-state index contributed by atoms with van der Waals surface area (Å²) in [6, 6.07) is 7.29. The highest BCUT2D eigenvalue weighted by Crippen LogP contribution is 2.39. The minimum Gasteiger partial charge on any atom is -0.495 e. The van der Waals surface area contributed by atoms with Gasteiger partial charge in [-0.25, -0.2) is 4.79 Å². The number of hydrogen-bond donors (Lipinski definition) is 1. The van der Waals surface area contributed by atoms with Crippen molar-refractivity contribution in [3.63, 3.8) is 0 Å². The van der Waals surface area contributed by atoms with E-state index in [1.54, 1.807) is 14.2 Å². The Morgan fingerprint density at radius 2 is 2.04 bits per heavy atom. The van der Waals surface area contributed by atoms with E-state index in [4.69, 9.17) is 9.47 Å². The second-order valence-corrected chi connectivity index (χ2v) is 7.46. The van der Waals surface area contributed by atoms with E-state index in [0.717, 1.165) is 25.8 Å². The molecule has 2 saturated heterocycles. The number of carbonyl (C=O) groups is 2. The molecule has 7 heteroatoms. The fourth-order valence-electron chi connectivity index (χ4n) is 4.16. The minimum absolute atomic E-state index is 0.0159. The van der Waals surface area contributed by atoms with Crippen LogP contribution < -0.4 is 10.1 Å². The Balaban J connectivity index is 1.66. The van der Waals surface area contributed by atoms with Crippen LogP contribution >= 0.6 is 0 Å². The van der Waals surface area contributed by atoms with Crippen molar-refractivity contribution in [3.05, 3.63) is 24.3 Å². The summed E-state index contributed by atoms with van der Waals surface area (Å²) in [5.74, 6) is 0.833. The van der Waals surface area contributed by atoms with Gasteiger partial charge in [-0.1, -0.05) is 12.1 Å². The van der Waals surface area contributed by atoms with Crippen LogP contribution in [-0.4, -0.2) is 68.7 Å². The number of nitrogens with zero attached hydrogens (tertiary/aromatic N) is 2. The van der Waals surface area contributed by atoms with E-state index < -0.39 is 0 Å². The van der Waals surface area contributed by atoms with Crippen molar-refractivity contribution < 1.29 is 19.1 Å². The number of methoxy groups -OCH3 is 2. The normalized spacial score (nSPS) is 22.8. The lowest BCUT2D eigenvalue weighted by Gasteiger charge is -2.48. The van der Waals surface area contributed by atoms with Crippen LogP contribution in [0.25, 0.3) is 0 Å². The first-order valence-corrected chi connectivity index (χ1v) is 9.52. The van der Waals surface area contributed by atoms with Gasteiger partial charge >= 0.3 is 6.03 Å². The SMILES string of the molecule is COCCN1CC2(CCCN(C(=O)Nc3ccccc3OC)C2)CCC1=O. The number of benzene rings is 1. The Hall–Kier alpha value is -2.28. The second kappa shape index (κ2) is 8.61.